The van der Waals surface area contributed by atoms with Crippen molar-refractivity contribution in [3.8, 4) is 0 Å². The Morgan fingerprint density at radius 3 is 2.48 bits per heavy atom. The molecule has 0 aromatic heterocycles. The van der Waals surface area contributed by atoms with Crippen molar-refractivity contribution in [3.05, 3.63) is 0 Å². The molecule has 1 saturated heterocycles. The Morgan fingerprint density at radius 2 is 1.90 bits per heavy atom. The molecule has 0 radical (unpaired) electrons. The smallest absolute Gasteiger partial charge is 0.152 e. The average Bonchev–Trinajstić information content (AvgIpc) is 2.73. The number of rotatable bonds is 4. The molecule has 3 fully saturated rings. The van der Waals surface area contributed by atoms with Crippen LogP contribution in [0.15, 0.2) is 0 Å². The normalized spacial score (nSPS) is 41.0. The molecule has 21 heavy (non-hydrogen) atoms. The van der Waals surface area contributed by atoms with Gasteiger partial charge in [-0.25, -0.2) is 8.42 Å². The number of ether oxygens (including phenoxy) is 1. The summed E-state index contributed by atoms with van der Waals surface area (Å²) in [6, 6.07) is 0.438. The molecule has 0 aromatic carbocycles. The largest absolute Gasteiger partial charge is 0.378 e. The van der Waals surface area contributed by atoms with Crippen molar-refractivity contribution in [3.63, 3.8) is 0 Å². The third-order valence-electron chi connectivity index (χ3n) is 5.96. The van der Waals surface area contributed by atoms with Crippen LogP contribution in [0.2, 0.25) is 0 Å². The molecule has 3 atom stereocenters. The predicted molar refractivity (Wildman–Crippen MR) is 84.1 cm³/mol. The van der Waals surface area contributed by atoms with Crippen LogP contribution >= 0.6 is 0 Å². The van der Waals surface area contributed by atoms with E-state index in [9.17, 15) is 8.42 Å². The van der Waals surface area contributed by atoms with E-state index in [1.165, 1.54) is 32.1 Å². The Bertz CT molecular complexity index is 484. The first-order valence-corrected chi connectivity index (χ1v) is 10.3. The minimum absolute atomic E-state index is 0.231. The van der Waals surface area contributed by atoms with Gasteiger partial charge in [0.2, 0.25) is 0 Å². The fourth-order valence-electron chi connectivity index (χ4n) is 4.81. The highest BCUT2D eigenvalue weighted by molar-refractivity contribution is 7.91. The number of hydrogen-bond donors (Lipinski definition) is 1. The summed E-state index contributed by atoms with van der Waals surface area (Å²) in [7, 11) is -2.84. The zero-order chi connectivity index (χ0) is 15.1. The van der Waals surface area contributed by atoms with Gasteiger partial charge in [-0.3, -0.25) is 0 Å². The van der Waals surface area contributed by atoms with Crippen LogP contribution in [0.1, 0.15) is 58.8 Å². The van der Waals surface area contributed by atoms with Crippen molar-refractivity contribution < 1.29 is 13.2 Å². The van der Waals surface area contributed by atoms with E-state index in [1.807, 2.05) is 0 Å². The van der Waals surface area contributed by atoms with Crippen LogP contribution in [-0.2, 0) is 14.6 Å². The highest BCUT2D eigenvalue weighted by Gasteiger charge is 2.57. The van der Waals surface area contributed by atoms with Gasteiger partial charge < -0.3 is 10.1 Å². The summed E-state index contributed by atoms with van der Waals surface area (Å²) in [6.45, 7) is 4.94. The Balaban J connectivity index is 1.71. The van der Waals surface area contributed by atoms with Gasteiger partial charge in [0.05, 0.1) is 17.6 Å². The lowest BCUT2D eigenvalue weighted by atomic mass is 9.54. The van der Waals surface area contributed by atoms with Crippen molar-refractivity contribution in [1.82, 2.24) is 5.32 Å². The van der Waals surface area contributed by atoms with Gasteiger partial charge in [-0.1, -0.05) is 19.3 Å². The number of nitrogens with one attached hydrogen (secondary N) is 1. The Hall–Kier alpha value is -0.130. The van der Waals surface area contributed by atoms with Crippen molar-refractivity contribution in [2.45, 2.75) is 76.5 Å². The van der Waals surface area contributed by atoms with Gasteiger partial charge in [-0.2, -0.15) is 0 Å². The molecule has 3 unspecified atom stereocenters. The van der Waals surface area contributed by atoms with Crippen molar-refractivity contribution in [1.29, 1.82) is 0 Å². The maximum absolute atomic E-state index is 11.8. The molecule has 3 aliphatic rings. The molecule has 2 aliphatic carbocycles. The molecule has 2 saturated carbocycles. The summed E-state index contributed by atoms with van der Waals surface area (Å²) >= 11 is 0. The Morgan fingerprint density at radius 1 is 1.19 bits per heavy atom. The van der Waals surface area contributed by atoms with Crippen LogP contribution in [0.3, 0.4) is 0 Å². The lowest BCUT2D eigenvalue weighted by Crippen LogP contribution is -2.68. The van der Waals surface area contributed by atoms with Crippen LogP contribution in [0.4, 0.5) is 0 Å². The van der Waals surface area contributed by atoms with Gasteiger partial charge in [0.15, 0.2) is 9.84 Å². The minimum atomic E-state index is -2.84. The Labute approximate surface area is 128 Å². The third kappa shape index (κ3) is 2.89. The summed E-state index contributed by atoms with van der Waals surface area (Å²) in [5.74, 6) is 0.636. The van der Waals surface area contributed by atoms with Crippen LogP contribution in [0, 0.1) is 5.41 Å². The molecule has 1 N–H and O–H groups in total. The van der Waals surface area contributed by atoms with E-state index in [4.69, 9.17) is 4.74 Å². The van der Waals surface area contributed by atoms with Crippen molar-refractivity contribution >= 4 is 9.84 Å². The standard InChI is InChI=1S/C16H29NO3S/c1-3-20-14-11-13(16(14)7-5-4-6-8-16)17-15(2)9-10-21(18,19)12-15/h13-14,17H,3-12H2,1-2H3. The van der Waals surface area contributed by atoms with Gasteiger partial charge in [0.25, 0.3) is 0 Å². The molecular formula is C16H29NO3S. The first kappa shape index (κ1) is 15.8. The van der Waals surface area contributed by atoms with E-state index in [-0.39, 0.29) is 11.0 Å². The average molecular weight is 315 g/mol. The second-order valence-corrected chi connectivity index (χ2v) is 9.76. The molecule has 0 bridgehead atoms. The van der Waals surface area contributed by atoms with Crippen LogP contribution in [0.25, 0.3) is 0 Å². The van der Waals surface area contributed by atoms with Gasteiger partial charge in [0.1, 0.15) is 0 Å². The predicted octanol–water partition coefficient (Wildman–Crippen LogP) is 2.28. The zero-order valence-electron chi connectivity index (χ0n) is 13.4. The first-order chi connectivity index (χ1) is 9.89. The van der Waals surface area contributed by atoms with Crippen LogP contribution in [-0.4, -0.2) is 44.2 Å². The molecule has 3 rings (SSSR count). The van der Waals surface area contributed by atoms with Crippen molar-refractivity contribution in [2.24, 2.45) is 5.41 Å². The summed E-state index contributed by atoms with van der Waals surface area (Å²) in [4.78, 5) is 0. The van der Waals surface area contributed by atoms with Gasteiger partial charge in [-0.05, 0) is 39.5 Å². The Kier molecular flexibility index (Phi) is 4.13. The summed E-state index contributed by atoms with van der Waals surface area (Å²) in [5.41, 5.74) is 0.0365. The summed E-state index contributed by atoms with van der Waals surface area (Å²) < 4.78 is 29.6. The SMILES string of the molecule is CCOC1CC(NC2(C)CCS(=O)(=O)C2)C12CCCCC2. The zero-order valence-corrected chi connectivity index (χ0v) is 14.2. The lowest BCUT2D eigenvalue weighted by molar-refractivity contribution is -0.154. The first-order valence-electron chi connectivity index (χ1n) is 8.49. The van der Waals surface area contributed by atoms with Gasteiger partial charge in [0, 0.05) is 23.6 Å². The molecule has 5 heteroatoms. The molecule has 1 heterocycles. The topological polar surface area (TPSA) is 55.4 Å². The molecule has 0 amide bonds. The van der Waals surface area contributed by atoms with E-state index in [0.29, 0.717) is 23.7 Å². The minimum Gasteiger partial charge on any atom is -0.378 e. The monoisotopic (exact) mass is 315 g/mol. The molecule has 1 aliphatic heterocycles. The molecule has 1 spiro atoms. The van der Waals surface area contributed by atoms with Gasteiger partial charge >= 0.3 is 0 Å². The number of hydrogen-bond acceptors (Lipinski definition) is 4. The fourth-order valence-corrected chi connectivity index (χ4v) is 6.91. The number of sulfone groups is 1. The quantitative estimate of drug-likeness (QED) is 0.865. The van der Waals surface area contributed by atoms with E-state index in [2.05, 4.69) is 19.2 Å². The molecule has 122 valence electrons. The van der Waals surface area contributed by atoms with Gasteiger partial charge in [-0.15, -0.1) is 0 Å². The summed E-state index contributed by atoms with van der Waals surface area (Å²) in [5, 5.41) is 3.74. The van der Waals surface area contributed by atoms with Crippen LogP contribution < -0.4 is 5.32 Å². The van der Waals surface area contributed by atoms with Crippen LogP contribution in [0.5, 0.6) is 0 Å². The highest BCUT2D eigenvalue weighted by atomic mass is 32.2. The van der Waals surface area contributed by atoms with E-state index < -0.39 is 9.84 Å². The maximum Gasteiger partial charge on any atom is 0.152 e. The second kappa shape index (κ2) is 5.50. The van der Waals surface area contributed by atoms with E-state index in [1.54, 1.807) is 0 Å². The fraction of sp³-hybridized carbons (Fsp3) is 1.00. The molecule has 4 nitrogen and oxygen atoms in total. The lowest BCUT2D eigenvalue weighted by Gasteiger charge is -2.59. The van der Waals surface area contributed by atoms with E-state index in [0.717, 1.165) is 19.4 Å². The summed E-state index contributed by atoms with van der Waals surface area (Å²) in [6.07, 6.45) is 8.55. The van der Waals surface area contributed by atoms with E-state index >= 15 is 0 Å². The maximum atomic E-state index is 11.8. The molecule has 0 aromatic rings. The van der Waals surface area contributed by atoms with Crippen molar-refractivity contribution in [2.75, 3.05) is 18.1 Å². The molecular weight excluding hydrogens is 286 g/mol. The third-order valence-corrected chi connectivity index (χ3v) is 7.87. The highest BCUT2D eigenvalue weighted by Crippen LogP contribution is 2.54. The second-order valence-electron chi connectivity index (χ2n) is 7.57.